The van der Waals surface area contributed by atoms with E-state index in [9.17, 15) is 0 Å². The van der Waals surface area contributed by atoms with E-state index >= 15 is 0 Å². The molecule has 0 aliphatic carbocycles. The van der Waals surface area contributed by atoms with Crippen LogP contribution in [0.1, 0.15) is 53.4 Å². The molecular weight excluding hydrogens is 244 g/mol. The Hall–Kier alpha value is -1.13. The molecule has 0 bridgehead atoms. The average molecular weight is 264 g/mol. The zero-order chi connectivity index (χ0) is 13.3. The SMILES string of the molecule is Cc1ccsc1C(C)NC(C)c1c(C)noc1C. The molecule has 2 unspecified atom stereocenters. The molecule has 1 N–H and O–H groups in total. The molecule has 0 amide bonds. The smallest absolute Gasteiger partial charge is 0.138 e. The van der Waals surface area contributed by atoms with E-state index in [0.29, 0.717) is 6.04 Å². The summed E-state index contributed by atoms with van der Waals surface area (Å²) in [6.07, 6.45) is 0. The fourth-order valence-corrected chi connectivity index (χ4v) is 3.42. The molecule has 4 heteroatoms. The molecule has 0 saturated carbocycles. The molecule has 18 heavy (non-hydrogen) atoms. The van der Waals surface area contributed by atoms with Crippen molar-refractivity contribution in [2.75, 3.05) is 0 Å². The molecular formula is C14H20N2OS. The minimum Gasteiger partial charge on any atom is -0.361 e. The summed E-state index contributed by atoms with van der Waals surface area (Å²) in [7, 11) is 0. The molecule has 0 aliphatic heterocycles. The molecule has 98 valence electrons. The third-order valence-corrected chi connectivity index (χ3v) is 4.52. The van der Waals surface area contributed by atoms with Gasteiger partial charge in [0.1, 0.15) is 5.76 Å². The predicted octanol–water partition coefficient (Wildman–Crippen LogP) is 4.07. The van der Waals surface area contributed by atoms with Crippen LogP contribution in [0.4, 0.5) is 0 Å². The highest BCUT2D eigenvalue weighted by Gasteiger charge is 2.19. The molecule has 0 aliphatic rings. The van der Waals surface area contributed by atoms with Gasteiger partial charge in [0.05, 0.1) is 5.69 Å². The van der Waals surface area contributed by atoms with Crippen molar-refractivity contribution in [3.05, 3.63) is 38.9 Å². The Morgan fingerprint density at radius 2 is 1.94 bits per heavy atom. The molecule has 0 saturated heterocycles. The minimum atomic E-state index is 0.243. The first-order valence-electron chi connectivity index (χ1n) is 6.23. The summed E-state index contributed by atoms with van der Waals surface area (Å²) in [5.74, 6) is 0.905. The van der Waals surface area contributed by atoms with Gasteiger partial charge in [-0.2, -0.15) is 0 Å². The van der Waals surface area contributed by atoms with Gasteiger partial charge in [-0.1, -0.05) is 5.16 Å². The third kappa shape index (κ3) is 2.49. The third-order valence-electron chi connectivity index (χ3n) is 3.32. The van der Waals surface area contributed by atoms with Crippen molar-refractivity contribution in [1.29, 1.82) is 0 Å². The average Bonchev–Trinajstić information content (AvgIpc) is 2.85. The Morgan fingerprint density at radius 3 is 2.44 bits per heavy atom. The number of thiophene rings is 1. The second-order valence-electron chi connectivity index (χ2n) is 4.82. The number of aryl methyl sites for hydroxylation is 3. The van der Waals surface area contributed by atoms with Crippen LogP contribution in [0.25, 0.3) is 0 Å². The van der Waals surface area contributed by atoms with Gasteiger partial charge < -0.3 is 9.84 Å². The number of hydrogen-bond donors (Lipinski definition) is 1. The summed E-state index contributed by atoms with van der Waals surface area (Å²) < 4.78 is 5.23. The van der Waals surface area contributed by atoms with Crippen molar-refractivity contribution >= 4 is 11.3 Å². The minimum absolute atomic E-state index is 0.243. The van der Waals surface area contributed by atoms with Crippen LogP contribution >= 0.6 is 11.3 Å². The van der Waals surface area contributed by atoms with Gasteiger partial charge >= 0.3 is 0 Å². The van der Waals surface area contributed by atoms with Crippen LogP contribution < -0.4 is 5.32 Å². The zero-order valence-corrected chi connectivity index (χ0v) is 12.4. The van der Waals surface area contributed by atoms with Crippen LogP contribution in [0.15, 0.2) is 16.0 Å². The van der Waals surface area contributed by atoms with Crippen LogP contribution in [0.3, 0.4) is 0 Å². The first-order valence-corrected chi connectivity index (χ1v) is 7.11. The monoisotopic (exact) mass is 264 g/mol. The van der Waals surface area contributed by atoms with Gasteiger partial charge in [0.2, 0.25) is 0 Å². The van der Waals surface area contributed by atoms with Gasteiger partial charge in [-0.3, -0.25) is 0 Å². The second kappa shape index (κ2) is 5.24. The van der Waals surface area contributed by atoms with Crippen LogP contribution in [0.2, 0.25) is 0 Å². The van der Waals surface area contributed by atoms with Crippen molar-refractivity contribution in [2.45, 2.75) is 46.7 Å². The van der Waals surface area contributed by atoms with Crippen molar-refractivity contribution in [3.8, 4) is 0 Å². The summed E-state index contributed by atoms with van der Waals surface area (Å²) >= 11 is 1.80. The van der Waals surface area contributed by atoms with Gasteiger partial charge in [-0.25, -0.2) is 0 Å². The number of nitrogens with one attached hydrogen (secondary N) is 1. The molecule has 3 nitrogen and oxygen atoms in total. The van der Waals surface area contributed by atoms with Crippen molar-refractivity contribution < 1.29 is 4.52 Å². The Labute approximate surface area is 112 Å². The fraction of sp³-hybridized carbons (Fsp3) is 0.500. The largest absolute Gasteiger partial charge is 0.361 e. The highest BCUT2D eigenvalue weighted by Crippen LogP contribution is 2.28. The zero-order valence-electron chi connectivity index (χ0n) is 11.6. The van der Waals surface area contributed by atoms with E-state index in [2.05, 4.69) is 42.7 Å². The van der Waals surface area contributed by atoms with E-state index in [1.165, 1.54) is 16.0 Å². The lowest BCUT2D eigenvalue weighted by atomic mass is 10.1. The topological polar surface area (TPSA) is 38.1 Å². The highest BCUT2D eigenvalue weighted by atomic mass is 32.1. The number of hydrogen-bond acceptors (Lipinski definition) is 4. The quantitative estimate of drug-likeness (QED) is 0.904. The summed E-state index contributed by atoms with van der Waals surface area (Å²) in [4.78, 5) is 1.40. The van der Waals surface area contributed by atoms with Gasteiger partial charge in [0.25, 0.3) is 0 Å². The van der Waals surface area contributed by atoms with E-state index in [1.807, 2.05) is 13.8 Å². The molecule has 0 radical (unpaired) electrons. The Kier molecular flexibility index (Phi) is 3.88. The van der Waals surface area contributed by atoms with Crippen molar-refractivity contribution in [2.24, 2.45) is 0 Å². The lowest BCUT2D eigenvalue weighted by Crippen LogP contribution is -2.23. The van der Waals surface area contributed by atoms with E-state index in [-0.39, 0.29) is 6.04 Å². The van der Waals surface area contributed by atoms with Gasteiger partial charge in [-0.15, -0.1) is 11.3 Å². The molecule has 2 aromatic heterocycles. The van der Waals surface area contributed by atoms with Crippen LogP contribution in [-0.2, 0) is 0 Å². The number of aromatic nitrogens is 1. The molecule has 0 spiro atoms. The van der Waals surface area contributed by atoms with E-state index < -0.39 is 0 Å². The van der Waals surface area contributed by atoms with Gasteiger partial charge in [0.15, 0.2) is 0 Å². The Bertz CT molecular complexity index is 510. The Balaban J connectivity index is 2.13. The standard InChI is InChI=1S/C14H20N2OS/c1-8-6-7-18-14(8)11(4)15-9(2)13-10(3)16-17-12(13)5/h6-7,9,11,15H,1-5H3. The normalized spacial score (nSPS) is 14.7. The number of rotatable bonds is 4. The summed E-state index contributed by atoms with van der Waals surface area (Å²) in [5.41, 5.74) is 3.50. The van der Waals surface area contributed by atoms with E-state index in [0.717, 1.165) is 11.5 Å². The van der Waals surface area contributed by atoms with Gasteiger partial charge in [-0.05, 0) is 51.6 Å². The molecule has 2 rings (SSSR count). The lowest BCUT2D eigenvalue weighted by Gasteiger charge is -2.20. The highest BCUT2D eigenvalue weighted by molar-refractivity contribution is 7.10. The predicted molar refractivity (Wildman–Crippen MR) is 75.0 cm³/mol. The maximum atomic E-state index is 5.23. The summed E-state index contributed by atoms with van der Waals surface area (Å²) in [6, 6.07) is 2.75. The molecule has 2 heterocycles. The summed E-state index contributed by atoms with van der Waals surface area (Å²) in [5, 5.41) is 9.77. The van der Waals surface area contributed by atoms with Crippen molar-refractivity contribution in [3.63, 3.8) is 0 Å². The molecule has 0 aromatic carbocycles. The molecule has 2 aromatic rings. The fourth-order valence-electron chi connectivity index (χ4n) is 2.47. The Morgan fingerprint density at radius 1 is 1.22 bits per heavy atom. The van der Waals surface area contributed by atoms with Crippen LogP contribution in [-0.4, -0.2) is 5.16 Å². The maximum Gasteiger partial charge on any atom is 0.138 e. The first-order chi connectivity index (χ1) is 8.50. The lowest BCUT2D eigenvalue weighted by molar-refractivity contribution is 0.389. The van der Waals surface area contributed by atoms with Gasteiger partial charge in [0, 0.05) is 22.5 Å². The van der Waals surface area contributed by atoms with Crippen LogP contribution in [0.5, 0.6) is 0 Å². The van der Waals surface area contributed by atoms with Crippen LogP contribution in [0, 0.1) is 20.8 Å². The molecule has 2 atom stereocenters. The summed E-state index contributed by atoms with van der Waals surface area (Å²) in [6.45, 7) is 10.5. The maximum absolute atomic E-state index is 5.23. The first kappa shape index (κ1) is 13.3. The van der Waals surface area contributed by atoms with Crippen molar-refractivity contribution in [1.82, 2.24) is 10.5 Å². The molecule has 0 fully saturated rings. The second-order valence-corrected chi connectivity index (χ2v) is 5.76. The number of nitrogens with zero attached hydrogens (tertiary/aromatic N) is 1. The van der Waals surface area contributed by atoms with E-state index in [4.69, 9.17) is 4.52 Å². The van der Waals surface area contributed by atoms with E-state index in [1.54, 1.807) is 11.3 Å².